The predicted molar refractivity (Wildman–Crippen MR) is 284 cm³/mol. The minimum absolute atomic E-state index is 0.164. The Bertz CT molecular complexity index is 3230. The van der Waals surface area contributed by atoms with Gasteiger partial charge in [0.25, 0.3) is 17.7 Å². The van der Waals surface area contributed by atoms with Gasteiger partial charge in [0.15, 0.2) is 54.3 Å². The van der Waals surface area contributed by atoms with Crippen LogP contribution in [0.4, 0.5) is 17.5 Å². The van der Waals surface area contributed by atoms with Gasteiger partial charge in [-0.1, -0.05) is 61.5 Å². The van der Waals surface area contributed by atoms with Gasteiger partial charge in [0.05, 0.1) is 0 Å². The first-order chi connectivity index (χ1) is 36.1. The van der Waals surface area contributed by atoms with E-state index in [1.165, 1.54) is 18.4 Å². The second kappa shape index (κ2) is 19.9. The molecule has 3 N–H and O–H groups in total. The van der Waals surface area contributed by atoms with Crippen molar-refractivity contribution in [2.45, 2.75) is 134 Å². The first-order valence-electron chi connectivity index (χ1n) is 26.2. The zero-order valence-corrected chi connectivity index (χ0v) is 43.5. The number of fused-ring (bicyclic) bond motifs is 4. The van der Waals surface area contributed by atoms with Crippen molar-refractivity contribution in [2.75, 3.05) is 35.8 Å². The largest absolute Gasteiger partial charge is 0.483 e. The fraction of sp³-hybridized carbons (Fsp3) is 0.400. The van der Waals surface area contributed by atoms with E-state index in [-0.39, 0.29) is 49.1 Å². The number of hydrogen-bond donors (Lipinski definition) is 3. The first-order valence-corrected chi connectivity index (χ1v) is 26.2. The molecule has 15 heteroatoms. The predicted octanol–water partition coefficient (Wildman–Crippen LogP) is 10.1. The van der Waals surface area contributed by atoms with Crippen LogP contribution in [-0.4, -0.2) is 69.3 Å². The summed E-state index contributed by atoms with van der Waals surface area (Å²) >= 11 is 0. The van der Waals surface area contributed by atoms with Gasteiger partial charge in [0.2, 0.25) is 0 Å². The molecule has 3 aromatic heterocycles. The molecule has 5 aliphatic rings. The smallest absolute Gasteiger partial charge is 0.263 e. The summed E-state index contributed by atoms with van der Waals surface area (Å²) in [5, 5.41) is 8.70. The fourth-order valence-corrected chi connectivity index (χ4v) is 11.4. The van der Waals surface area contributed by atoms with Crippen LogP contribution in [0.5, 0.6) is 34.5 Å². The highest BCUT2D eigenvalue weighted by molar-refractivity contribution is 5.92. The highest BCUT2D eigenvalue weighted by atomic mass is 16.6. The number of nitrogens with one attached hydrogen (secondary N) is 3. The molecule has 6 aromatic rings. The zero-order chi connectivity index (χ0) is 52.1. The summed E-state index contributed by atoms with van der Waals surface area (Å²) in [5.41, 5.74) is 7.89. The summed E-state index contributed by atoms with van der Waals surface area (Å²) in [5.74, 6) is 4.90. The van der Waals surface area contributed by atoms with Crippen LogP contribution in [0.15, 0.2) is 91.0 Å². The molecule has 2 aliphatic carbocycles. The van der Waals surface area contributed by atoms with Crippen LogP contribution in [0.1, 0.15) is 123 Å². The molecule has 3 aliphatic heterocycles. The Hall–Kier alpha value is -7.68. The molecule has 0 spiro atoms. The van der Waals surface area contributed by atoms with Gasteiger partial charge in [0, 0.05) is 59.5 Å². The number of pyridine rings is 3. The van der Waals surface area contributed by atoms with E-state index in [0.29, 0.717) is 83.6 Å². The standard InChI is InChI=1S/C60H64N6O9/c1-7-44-38(20-24-50(62-44)65-53(68)33-70-46-14-8-11-39-27-58(3,4)73-55(39)46)29-60(6)31-41-13-10-16-48(57(41)75-60)72-34-54(69)66-51-26-22-43-37(19-23-45(43)63-51)28-59(5)30-40-12-9-15-47(56(40)74-59)71-32-52(67)64-49-25-21-42(35(2)61-49)36-17-18-36/h8-16,20-22,24-26,36-37H,7,17-19,23,27-34H2,1-6H3,(H,61,64,67)(H,62,65,68)(H,63,66,69). The van der Waals surface area contributed by atoms with E-state index in [1.807, 2.05) is 100 Å². The molecule has 75 heavy (non-hydrogen) atoms. The van der Waals surface area contributed by atoms with Gasteiger partial charge in [-0.25, -0.2) is 15.0 Å². The van der Waals surface area contributed by atoms with Crippen molar-refractivity contribution in [3.63, 3.8) is 0 Å². The molecule has 388 valence electrons. The summed E-state index contributed by atoms with van der Waals surface area (Å²) in [6.07, 6.45) is 8.22. The van der Waals surface area contributed by atoms with Gasteiger partial charge in [-0.3, -0.25) is 14.4 Å². The number of amides is 3. The Kier molecular flexibility index (Phi) is 13.1. The summed E-state index contributed by atoms with van der Waals surface area (Å²) in [4.78, 5) is 53.5. The monoisotopic (exact) mass is 1010 g/mol. The second-order valence-electron chi connectivity index (χ2n) is 21.9. The molecule has 0 radical (unpaired) electrons. The fourth-order valence-electron chi connectivity index (χ4n) is 11.4. The number of hydrogen-bond acceptors (Lipinski definition) is 12. The van der Waals surface area contributed by atoms with Crippen LogP contribution in [0.2, 0.25) is 0 Å². The van der Waals surface area contributed by atoms with E-state index < -0.39 is 11.2 Å². The first kappa shape index (κ1) is 49.5. The van der Waals surface area contributed by atoms with Gasteiger partial charge in [-0.05, 0) is 138 Å². The lowest BCUT2D eigenvalue weighted by atomic mass is 9.85. The number of nitrogens with zero attached hydrogens (tertiary/aromatic N) is 3. The van der Waals surface area contributed by atoms with Gasteiger partial charge in [0.1, 0.15) is 34.3 Å². The average molecular weight is 1010 g/mol. The number of aryl methyl sites for hydroxylation is 3. The van der Waals surface area contributed by atoms with Crippen LogP contribution in [0.3, 0.4) is 0 Å². The zero-order valence-electron chi connectivity index (χ0n) is 43.5. The molecule has 3 atom stereocenters. The van der Waals surface area contributed by atoms with Crippen molar-refractivity contribution < 1.29 is 42.8 Å². The molecule has 1 saturated carbocycles. The maximum Gasteiger partial charge on any atom is 0.263 e. The quantitative estimate of drug-likeness (QED) is 0.0743. The highest BCUT2D eigenvalue weighted by Crippen LogP contribution is 2.49. The molecule has 0 bridgehead atoms. The maximum atomic E-state index is 13.4. The molecule has 15 nitrogen and oxygen atoms in total. The van der Waals surface area contributed by atoms with Crippen LogP contribution < -0.4 is 44.4 Å². The number of aromatic nitrogens is 3. The van der Waals surface area contributed by atoms with Crippen molar-refractivity contribution in [1.29, 1.82) is 0 Å². The molecule has 11 rings (SSSR count). The van der Waals surface area contributed by atoms with E-state index in [4.69, 9.17) is 38.4 Å². The lowest BCUT2D eigenvalue weighted by Gasteiger charge is -2.28. The van der Waals surface area contributed by atoms with Crippen molar-refractivity contribution in [1.82, 2.24) is 15.0 Å². The topological polar surface area (TPSA) is 181 Å². The van der Waals surface area contributed by atoms with Gasteiger partial charge in [-0.2, -0.15) is 0 Å². The SMILES string of the molecule is CCc1nc(NC(=O)COc2cccc3c2OC(C)(C)C3)ccc1CC1(C)Cc2cccc(OCC(=O)Nc3ccc4c(n3)CCC4CC3(C)Cc4cccc(OCC(=O)Nc5ccc(C6CC6)c(C)n5)c4O3)c2O1. The van der Waals surface area contributed by atoms with E-state index in [2.05, 4.69) is 53.0 Å². The summed E-state index contributed by atoms with van der Waals surface area (Å²) < 4.78 is 37.5. The second-order valence-corrected chi connectivity index (χ2v) is 21.9. The number of ether oxygens (including phenoxy) is 6. The third-order valence-electron chi connectivity index (χ3n) is 14.8. The molecule has 0 saturated heterocycles. The molecule has 3 aromatic carbocycles. The highest BCUT2D eigenvalue weighted by Gasteiger charge is 2.42. The lowest BCUT2D eigenvalue weighted by molar-refractivity contribution is -0.118. The number of rotatable bonds is 18. The van der Waals surface area contributed by atoms with E-state index >= 15 is 0 Å². The van der Waals surface area contributed by atoms with Crippen molar-refractivity contribution in [3.05, 3.63) is 141 Å². The Morgan fingerprint density at radius 3 is 1.67 bits per heavy atom. The molecule has 3 unspecified atom stereocenters. The Balaban J connectivity index is 0.650. The van der Waals surface area contributed by atoms with Crippen LogP contribution in [0, 0.1) is 6.92 Å². The van der Waals surface area contributed by atoms with Gasteiger partial charge >= 0.3 is 0 Å². The van der Waals surface area contributed by atoms with Crippen LogP contribution in [-0.2, 0) is 52.9 Å². The number of carbonyl (C=O) groups excluding carboxylic acids is 3. The molecule has 1 fully saturated rings. The van der Waals surface area contributed by atoms with Gasteiger partial charge in [-0.15, -0.1) is 0 Å². The minimum Gasteiger partial charge on any atom is -0.483 e. The van der Waals surface area contributed by atoms with Crippen molar-refractivity contribution in [2.24, 2.45) is 0 Å². The lowest BCUT2D eigenvalue weighted by Crippen LogP contribution is -2.33. The average Bonchev–Trinajstić information content (AvgIpc) is 3.75. The third-order valence-corrected chi connectivity index (χ3v) is 14.8. The summed E-state index contributed by atoms with van der Waals surface area (Å²) in [7, 11) is 0. The van der Waals surface area contributed by atoms with Gasteiger partial charge < -0.3 is 44.4 Å². The number of anilines is 3. The molecular weight excluding hydrogens is 949 g/mol. The van der Waals surface area contributed by atoms with E-state index in [0.717, 1.165) is 70.6 Å². The summed E-state index contributed by atoms with van der Waals surface area (Å²) in [6.45, 7) is 11.7. The normalized spacial score (nSPS) is 20.3. The minimum atomic E-state index is -0.602. The Labute approximate surface area is 437 Å². The number of para-hydroxylation sites is 3. The molecular formula is C60H64N6O9. The molecule has 3 amide bonds. The number of carbonyl (C=O) groups is 3. The molecule has 6 heterocycles. The van der Waals surface area contributed by atoms with Crippen molar-refractivity contribution in [3.8, 4) is 34.5 Å². The Morgan fingerprint density at radius 2 is 1.09 bits per heavy atom. The van der Waals surface area contributed by atoms with Crippen LogP contribution in [0.25, 0.3) is 0 Å². The van der Waals surface area contributed by atoms with E-state index in [1.54, 1.807) is 0 Å². The Morgan fingerprint density at radius 1 is 0.587 bits per heavy atom. The number of benzene rings is 3. The third kappa shape index (κ3) is 10.9. The summed E-state index contributed by atoms with van der Waals surface area (Å²) in [6, 6.07) is 29.0. The maximum absolute atomic E-state index is 13.4. The van der Waals surface area contributed by atoms with Crippen LogP contribution >= 0.6 is 0 Å². The van der Waals surface area contributed by atoms with Crippen molar-refractivity contribution >= 4 is 35.2 Å². The van der Waals surface area contributed by atoms with E-state index in [9.17, 15) is 14.4 Å².